The van der Waals surface area contributed by atoms with Crippen LogP contribution in [0.4, 0.5) is 13.2 Å². The van der Waals surface area contributed by atoms with Crippen LogP contribution in [0.15, 0.2) is 52.9 Å². The average Bonchev–Trinajstić information content (AvgIpc) is 3.13. The molecule has 0 aliphatic rings. The number of nitrogens with one attached hydrogen (secondary N) is 1. The minimum absolute atomic E-state index is 0.115. The van der Waals surface area contributed by atoms with Crippen LogP contribution in [0.2, 0.25) is 0 Å². The van der Waals surface area contributed by atoms with Crippen molar-refractivity contribution >= 4 is 5.97 Å². The van der Waals surface area contributed by atoms with Crippen molar-refractivity contribution in [2.24, 2.45) is 0 Å². The van der Waals surface area contributed by atoms with Crippen molar-refractivity contribution in [2.45, 2.75) is 33.2 Å². The summed E-state index contributed by atoms with van der Waals surface area (Å²) in [5.74, 6) is 1.04. The Morgan fingerprint density at radius 3 is 2.59 bits per heavy atom. The number of hydrogen-bond acceptors (Lipinski definition) is 6. The Kier molecular flexibility index (Phi) is 7.53. The van der Waals surface area contributed by atoms with E-state index in [1.807, 2.05) is 18.2 Å². The lowest BCUT2D eigenvalue weighted by molar-refractivity contribution is -0.142. The predicted molar refractivity (Wildman–Crippen MR) is 111 cm³/mol. The van der Waals surface area contributed by atoms with Gasteiger partial charge >= 0.3 is 12.1 Å². The molecule has 0 atom stereocenters. The van der Waals surface area contributed by atoms with Crippen LogP contribution in [0.3, 0.4) is 0 Å². The fourth-order valence-electron chi connectivity index (χ4n) is 2.91. The molecule has 0 radical (unpaired) electrons. The second-order valence-corrected chi connectivity index (χ2v) is 6.94. The zero-order valence-corrected chi connectivity index (χ0v) is 17.7. The molecule has 9 heteroatoms. The summed E-state index contributed by atoms with van der Waals surface area (Å²) in [6.45, 7) is 4.53. The number of rotatable bonds is 9. The average molecular weight is 448 g/mol. The Hall–Kier alpha value is -3.33. The molecule has 6 nitrogen and oxygen atoms in total. The topological polar surface area (TPSA) is 73.6 Å². The molecule has 0 spiro atoms. The van der Waals surface area contributed by atoms with E-state index in [1.165, 1.54) is 12.1 Å². The molecular formula is C23H23F3N2O4. The van der Waals surface area contributed by atoms with Gasteiger partial charge in [-0.3, -0.25) is 4.79 Å². The quantitative estimate of drug-likeness (QED) is 0.470. The Balaban J connectivity index is 1.59. The maximum Gasteiger partial charge on any atom is 0.416 e. The molecule has 1 heterocycles. The van der Waals surface area contributed by atoms with Crippen molar-refractivity contribution in [2.75, 3.05) is 13.2 Å². The van der Waals surface area contributed by atoms with Crippen LogP contribution < -0.4 is 10.1 Å². The van der Waals surface area contributed by atoms with E-state index < -0.39 is 11.7 Å². The summed E-state index contributed by atoms with van der Waals surface area (Å²) < 4.78 is 54.5. The van der Waals surface area contributed by atoms with Crippen LogP contribution in [0.5, 0.6) is 5.75 Å². The summed E-state index contributed by atoms with van der Waals surface area (Å²) in [6.07, 6.45) is -4.40. The Bertz CT molecular complexity index is 1050. The summed E-state index contributed by atoms with van der Waals surface area (Å²) in [5, 5.41) is 3.00. The molecule has 0 aliphatic heterocycles. The van der Waals surface area contributed by atoms with Gasteiger partial charge in [-0.15, -0.1) is 0 Å². The molecule has 0 bridgehead atoms. The molecule has 0 unspecified atom stereocenters. The smallest absolute Gasteiger partial charge is 0.416 e. The molecule has 170 valence electrons. The van der Waals surface area contributed by atoms with Gasteiger partial charge in [-0.05, 0) is 55.8 Å². The predicted octanol–water partition coefficient (Wildman–Crippen LogP) is 4.90. The summed E-state index contributed by atoms with van der Waals surface area (Å²) in [4.78, 5) is 15.7. The number of esters is 1. The molecule has 1 aromatic heterocycles. The highest BCUT2D eigenvalue weighted by Crippen LogP contribution is 2.31. The summed E-state index contributed by atoms with van der Waals surface area (Å²) in [6, 6.07) is 12.0. The molecule has 0 saturated heterocycles. The van der Waals surface area contributed by atoms with Gasteiger partial charge in [0.05, 0.1) is 18.7 Å². The third-order valence-corrected chi connectivity index (χ3v) is 4.53. The molecule has 0 aliphatic carbocycles. The number of halogens is 3. The van der Waals surface area contributed by atoms with Gasteiger partial charge in [-0.25, -0.2) is 4.98 Å². The SMILES string of the molecule is CCOC(=O)CNCc1cccc(OCc2nc(-c3ccc(C(F)(F)F)cc3)oc2C)c1. The number of nitrogens with zero attached hydrogens (tertiary/aromatic N) is 1. The van der Waals surface area contributed by atoms with Gasteiger partial charge in [0, 0.05) is 12.1 Å². The molecule has 0 fully saturated rings. The second kappa shape index (κ2) is 10.3. The third-order valence-electron chi connectivity index (χ3n) is 4.53. The summed E-state index contributed by atoms with van der Waals surface area (Å²) in [5.41, 5.74) is 1.19. The van der Waals surface area contributed by atoms with E-state index in [0.29, 0.717) is 35.9 Å². The number of hydrogen-bond donors (Lipinski definition) is 1. The number of carbonyl (C=O) groups is 1. The Morgan fingerprint density at radius 2 is 1.91 bits per heavy atom. The van der Waals surface area contributed by atoms with Crippen LogP contribution in [-0.2, 0) is 28.9 Å². The van der Waals surface area contributed by atoms with Crippen molar-refractivity contribution in [1.82, 2.24) is 10.3 Å². The molecular weight excluding hydrogens is 425 g/mol. The van der Waals surface area contributed by atoms with Crippen molar-refractivity contribution in [3.8, 4) is 17.2 Å². The summed E-state index contributed by atoms with van der Waals surface area (Å²) >= 11 is 0. The lowest BCUT2D eigenvalue weighted by Gasteiger charge is -2.08. The number of benzene rings is 2. The Morgan fingerprint density at radius 1 is 1.16 bits per heavy atom. The van der Waals surface area contributed by atoms with Crippen LogP contribution in [0.25, 0.3) is 11.5 Å². The van der Waals surface area contributed by atoms with Crippen LogP contribution in [-0.4, -0.2) is 24.1 Å². The largest absolute Gasteiger partial charge is 0.487 e. The van der Waals surface area contributed by atoms with E-state index in [9.17, 15) is 18.0 Å². The summed E-state index contributed by atoms with van der Waals surface area (Å²) in [7, 11) is 0. The fourth-order valence-corrected chi connectivity index (χ4v) is 2.91. The van der Waals surface area contributed by atoms with Crippen molar-refractivity contribution in [3.05, 3.63) is 71.1 Å². The van der Waals surface area contributed by atoms with E-state index in [1.54, 1.807) is 19.9 Å². The van der Waals surface area contributed by atoms with Gasteiger partial charge in [-0.2, -0.15) is 13.2 Å². The lowest BCUT2D eigenvalue weighted by atomic mass is 10.1. The van der Waals surface area contributed by atoms with Crippen LogP contribution >= 0.6 is 0 Å². The standard InChI is InChI=1S/C23H23F3N2O4/c1-3-30-21(29)13-27-12-16-5-4-6-19(11-16)31-14-20-15(2)32-22(28-20)17-7-9-18(10-8-17)23(24,25)26/h4-11,27H,3,12-14H2,1-2H3. The van der Waals surface area contributed by atoms with E-state index >= 15 is 0 Å². The highest BCUT2D eigenvalue weighted by atomic mass is 19.4. The van der Waals surface area contributed by atoms with Gasteiger partial charge < -0.3 is 19.2 Å². The van der Waals surface area contributed by atoms with Crippen molar-refractivity contribution in [1.29, 1.82) is 0 Å². The van der Waals surface area contributed by atoms with Gasteiger partial charge in [0.1, 0.15) is 23.8 Å². The van der Waals surface area contributed by atoms with E-state index in [4.69, 9.17) is 13.9 Å². The number of alkyl halides is 3. The molecule has 32 heavy (non-hydrogen) atoms. The number of oxazole rings is 1. The van der Waals surface area contributed by atoms with E-state index in [0.717, 1.165) is 17.7 Å². The maximum absolute atomic E-state index is 12.7. The number of ether oxygens (including phenoxy) is 2. The first kappa shape index (κ1) is 23.3. The molecule has 3 aromatic rings. The zero-order chi connectivity index (χ0) is 23.1. The minimum Gasteiger partial charge on any atom is -0.487 e. The highest BCUT2D eigenvalue weighted by Gasteiger charge is 2.30. The molecule has 2 aromatic carbocycles. The van der Waals surface area contributed by atoms with Crippen LogP contribution in [0, 0.1) is 6.92 Å². The van der Waals surface area contributed by atoms with Gasteiger partial charge in [0.25, 0.3) is 0 Å². The van der Waals surface area contributed by atoms with Gasteiger partial charge in [0.15, 0.2) is 0 Å². The highest BCUT2D eigenvalue weighted by molar-refractivity contribution is 5.71. The first-order chi connectivity index (χ1) is 15.3. The normalized spacial score (nSPS) is 11.4. The first-order valence-electron chi connectivity index (χ1n) is 9.98. The van der Waals surface area contributed by atoms with E-state index in [2.05, 4.69) is 10.3 Å². The monoisotopic (exact) mass is 448 g/mol. The van der Waals surface area contributed by atoms with Crippen molar-refractivity contribution < 1.29 is 31.9 Å². The lowest BCUT2D eigenvalue weighted by Crippen LogP contribution is -2.24. The molecule has 0 saturated carbocycles. The Labute approximate surface area is 183 Å². The maximum atomic E-state index is 12.7. The van der Waals surface area contributed by atoms with E-state index in [-0.39, 0.29) is 25.0 Å². The molecule has 1 N–H and O–H groups in total. The fraction of sp³-hybridized carbons (Fsp3) is 0.304. The van der Waals surface area contributed by atoms with Crippen LogP contribution in [0.1, 0.15) is 29.5 Å². The van der Waals surface area contributed by atoms with Gasteiger partial charge in [0.2, 0.25) is 5.89 Å². The molecule has 3 rings (SSSR count). The van der Waals surface area contributed by atoms with Gasteiger partial charge in [-0.1, -0.05) is 12.1 Å². The number of aryl methyl sites for hydroxylation is 1. The van der Waals surface area contributed by atoms with Crippen molar-refractivity contribution in [3.63, 3.8) is 0 Å². The number of carbonyl (C=O) groups excluding carboxylic acids is 1. The zero-order valence-electron chi connectivity index (χ0n) is 17.7. The minimum atomic E-state index is -4.40. The first-order valence-corrected chi connectivity index (χ1v) is 9.98. The molecule has 0 amide bonds. The number of aromatic nitrogens is 1. The second-order valence-electron chi connectivity index (χ2n) is 6.94. The third kappa shape index (κ3) is 6.34.